The molecule has 1 heterocycles. The van der Waals surface area contributed by atoms with Crippen molar-refractivity contribution in [2.24, 2.45) is 16.5 Å². The number of nitrogens with zero attached hydrogens (tertiary/aromatic N) is 2. The van der Waals surface area contributed by atoms with Crippen LogP contribution in [0.1, 0.15) is 33.6 Å². The Morgan fingerprint density at radius 1 is 1.40 bits per heavy atom. The highest BCUT2D eigenvalue weighted by atomic mass is 16.2. The van der Waals surface area contributed by atoms with Gasteiger partial charge < -0.3 is 27.0 Å². The maximum absolute atomic E-state index is 11.8. The average Bonchev–Trinajstić information content (AvgIpc) is 2.69. The van der Waals surface area contributed by atoms with Gasteiger partial charge in [-0.1, -0.05) is 0 Å². The van der Waals surface area contributed by atoms with Gasteiger partial charge in [0, 0.05) is 31.2 Å². The molecule has 0 aromatic heterocycles. The van der Waals surface area contributed by atoms with E-state index >= 15 is 0 Å². The molecule has 0 unspecified atom stereocenters. The highest BCUT2D eigenvalue weighted by Gasteiger charge is 2.24. The van der Waals surface area contributed by atoms with Crippen LogP contribution < -0.4 is 22.1 Å². The lowest BCUT2D eigenvalue weighted by Gasteiger charge is -2.23. The Morgan fingerprint density at radius 2 is 2.10 bits per heavy atom. The molecule has 6 N–H and O–H groups in total. The Balaban J connectivity index is 2.20. The van der Waals surface area contributed by atoms with Crippen molar-refractivity contribution in [2.75, 3.05) is 26.2 Å². The van der Waals surface area contributed by atoms with Crippen LogP contribution in [0.25, 0.3) is 0 Å². The van der Waals surface area contributed by atoms with E-state index in [1.807, 2.05) is 20.8 Å². The van der Waals surface area contributed by atoms with Crippen molar-refractivity contribution in [1.82, 2.24) is 15.5 Å². The molecule has 20 heavy (non-hydrogen) atoms. The third-order valence-electron chi connectivity index (χ3n) is 3.02. The molecule has 0 bridgehead atoms. The summed E-state index contributed by atoms with van der Waals surface area (Å²) in [6.45, 7) is 9.41. The van der Waals surface area contributed by atoms with Crippen molar-refractivity contribution in [3.05, 3.63) is 0 Å². The molecule has 7 nitrogen and oxygen atoms in total. The fourth-order valence-corrected chi connectivity index (χ4v) is 2.22. The molecular weight excluding hydrogens is 256 g/mol. The van der Waals surface area contributed by atoms with Crippen LogP contribution in [0.4, 0.5) is 4.79 Å². The van der Waals surface area contributed by atoms with Crippen LogP contribution in [0.5, 0.6) is 0 Å². The Morgan fingerprint density at radius 3 is 2.70 bits per heavy atom. The third kappa shape index (κ3) is 7.18. The van der Waals surface area contributed by atoms with Crippen molar-refractivity contribution in [3.63, 3.8) is 0 Å². The molecule has 1 atom stereocenters. The molecule has 1 rings (SSSR count). The zero-order valence-corrected chi connectivity index (χ0v) is 12.8. The molecule has 2 amide bonds. The summed E-state index contributed by atoms with van der Waals surface area (Å²) in [5.74, 6) is 0.143. The SMILES string of the molecule is CC(C)(C)NC(=O)N[C@@H]1CCN(CCCN=C(N)N)C1. The third-order valence-corrected chi connectivity index (χ3v) is 3.02. The molecule has 0 aromatic carbocycles. The van der Waals surface area contributed by atoms with Crippen LogP contribution in [0.2, 0.25) is 0 Å². The standard InChI is InChI=1S/C13H28N6O/c1-13(2,3)18-12(20)17-10-5-8-19(9-10)7-4-6-16-11(14)15/h10H,4-9H2,1-3H3,(H4,14,15,16)(H2,17,18,20)/t10-/m1/s1. The van der Waals surface area contributed by atoms with E-state index in [4.69, 9.17) is 11.5 Å². The van der Waals surface area contributed by atoms with Gasteiger partial charge in [-0.15, -0.1) is 0 Å². The van der Waals surface area contributed by atoms with Gasteiger partial charge in [-0.05, 0) is 40.2 Å². The summed E-state index contributed by atoms with van der Waals surface area (Å²) in [6, 6.07) is 0.130. The first-order chi connectivity index (χ1) is 9.26. The average molecular weight is 284 g/mol. The van der Waals surface area contributed by atoms with Crippen LogP contribution in [0.3, 0.4) is 0 Å². The predicted octanol–water partition coefficient (Wildman–Crippen LogP) is -0.178. The van der Waals surface area contributed by atoms with Gasteiger partial charge in [-0.2, -0.15) is 0 Å². The summed E-state index contributed by atoms with van der Waals surface area (Å²) in [5, 5.41) is 5.93. The van der Waals surface area contributed by atoms with Crippen LogP contribution in [-0.4, -0.2) is 54.7 Å². The number of nitrogens with two attached hydrogens (primary N) is 2. The van der Waals surface area contributed by atoms with Crippen molar-refractivity contribution in [1.29, 1.82) is 0 Å². The summed E-state index contributed by atoms with van der Waals surface area (Å²) >= 11 is 0. The quantitative estimate of drug-likeness (QED) is 0.319. The maximum Gasteiger partial charge on any atom is 0.315 e. The minimum atomic E-state index is -0.206. The van der Waals surface area contributed by atoms with E-state index in [-0.39, 0.29) is 23.6 Å². The molecule has 0 radical (unpaired) electrons. The predicted molar refractivity (Wildman–Crippen MR) is 81.6 cm³/mol. The largest absolute Gasteiger partial charge is 0.370 e. The number of hydrogen-bond acceptors (Lipinski definition) is 3. The number of nitrogens with one attached hydrogen (secondary N) is 2. The monoisotopic (exact) mass is 284 g/mol. The minimum absolute atomic E-state index is 0.0927. The second-order valence-electron chi connectivity index (χ2n) is 6.29. The number of carbonyl (C=O) groups excluding carboxylic acids is 1. The summed E-state index contributed by atoms with van der Waals surface area (Å²) in [7, 11) is 0. The molecule has 0 aromatic rings. The molecule has 0 spiro atoms. The fraction of sp³-hybridized carbons (Fsp3) is 0.846. The highest BCUT2D eigenvalue weighted by Crippen LogP contribution is 2.09. The van der Waals surface area contributed by atoms with Crippen LogP contribution in [0.15, 0.2) is 4.99 Å². The number of likely N-dealkylation sites (tertiary alicyclic amines) is 1. The van der Waals surface area contributed by atoms with E-state index in [1.165, 1.54) is 0 Å². The first-order valence-electron chi connectivity index (χ1n) is 7.13. The topological polar surface area (TPSA) is 109 Å². The molecule has 1 aliphatic rings. The van der Waals surface area contributed by atoms with Crippen molar-refractivity contribution >= 4 is 12.0 Å². The minimum Gasteiger partial charge on any atom is -0.370 e. The van der Waals surface area contributed by atoms with E-state index in [1.54, 1.807) is 0 Å². The molecule has 1 fully saturated rings. The van der Waals surface area contributed by atoms with E-state index in [0.29, 0.717) is 6.54 Å². The number of aliphatic imine (C=N–C) groups is 1. The summed E-state index contributed by atoms with van der Waals surface area (Å²) in [6.07, 6.45) is 1.92. The zero-order valence-electron chi connectivity index (χ0n) is 12.8. The van der Waals surface area contributed by atoms with Gasteiger partial charge in [0.05, 0.1) is 0 Å². The lowest BCUT2D eigenvalue weighted by atomic mass is 10.1. The van der Waals surface area contributed by atoms with Gasteiger partial charge in [-0.3, -0.25) is 4.99 Å². The Bertz CT molecular complexity index is 345. The molecule has 0 aliphatic carbocycles. The molecule has 116 valence electrons. The van der Waals surface area contributed by atoms with Gasteiger partial charge in [0.2, 0.25) is 0 Å². The first-order valence-corrected chi connectivity index (χ1v) is 7.13. The summed E-state index contributed by atoms with van der Waals surface area (Å²) in [4.78, 5) is 18.1. The van der Waals surface area contributed by atoms with Crippen molar-refractivity contribution < 1.29 is 4.79 Å². The number of amides is 2. The second kappa shape index (κ2) is 7.33. The highest BCUT2D eigenvalue weighted by molar-refractivity contribution is 5.75. The lowest BCUT2D eigenvalue weighted by Crippen LogP contribution is -2.50. The molecule has 0 saturated carbocycles. The smallest absolute Gasteiger partial charge is 0.315 e. The molecular formula is C13H28N6O. The van der Waals surface area contributed by atoms with Crippen LogP contribution in [0, 0.1) is 0 Å². The van der Waals surface area contributed by atoms with E-state index in [0.717, 1.165) is 32.5 Å². The number of guanidine groups is 1. The molecule has 1 aliphatic heterocycles. The number of urea groups is 1. The van der Waals surface area contributed by atoms with E-state index < -0.39 is 0 Å². The summed E-state index contributed by atoms with van der Waals surface area (Å²) < 4.78 is 0. The van der Waals surface area contributed by atoms with Gasteiger partial charge in [0.1, 0.15) is 0 Å². The number of hydrogen-bond donors (Lipinski definition) is 4. The van der Waals surface area contributed by atoms with Crippen LogP contribution in [-0.2, 0) is 0 Å². The number of carbonyl (C=O) groups is 1. The van der Waals surface area contributed by atoms with Gasteiger partial charge >= 0.3 is 6.03 Å². The van der Waals surface area contributed by atoms with Gasteiger partial charge in [0.25, 0.3) is 0 Å². The zero-order chi connectivity index (χ0) is 15.2. The Hall–Kier alpha value is -1.50. The fourth-order valence-electron chi connectivity index (χ4n) is 2.22. The molecule has 1 saturated heterocycles. The first kappa shape index (κ1) is 16.6. The second-order valence-corrected chi connectivity index (χ2v) is 6.29. The summed E-state index contributed by atoms with van der Waals surface area (Å²) in [5.41, 5.74) is 10.3. The Kier molecular flexibility index (Phi) is 6.06. The maximum atomic E-state index is 11.8. The van der Waals surface area contributed by atoms with Gasteiger partial charge in [0.15, 0.2) is 5.96 Å². The van der Waals surface area contributed by atoms with E-state index in [9.17, 15) is 4.79 Å². The van der Waals surface area contributed by atoms with E-state index in [2.05, 4.69) is 20.5 Å². The molecule has 7 heteroatoms. The van der Waals surface area contributed by atoms with Gasteiger partial charge in [-0.25, -0.2) is 4.79 Å². The van der Waals surface area contributed by atoms with Crippen LogP contribution >= 0.6 is 0 Å². The Labute approximate surface area is 121 Å². The normalized spacial score (nSPS) is 19.6. The lowest BCUT2D eigenvalue weighted by molar-refractivity contribution is 0.227. The number of rotatable bonds is 5. The van der Waals surface area contributed by atoms with Crippen molar-refractivity contribution in [2.45, 2.75) is 45.2 Å². The van der Waals surface area contributed by atoms with Crippen molar-refractivity contribution in [3.8, 4) is 0 Å².